The van der Waals surface area contributed by atoms with Gasteiger partial charge in [-0.25, -0.2) is 9.97 Å². The molecule has 1 heterocycles. The molecule has 0 aliphatic heterocycles. The van der Waals surface area contributed by atoms with Gasteiger partial charge in [-0.15, -0.1) is 0 Å². The highest BCUT2D eigenvalue weighted by molar-refractivity contribution is 9.10. The monoisotopic (exact) mass is 329 g/mol. The van der Waals surface area contributed by atoms with Crippen LogP contribution in [-0.2, 0) is 0 Å². The summed E-state index contributed by atoms with van der Waals surface area (Å²) in [6.45, 7) is 0. The van der Waals surface area contributed by atoms with E-state index in [1.165, 1.54) is 18.1 Å². The molecule has 6 heteroatoms. The summed E-state index contributed by atoms with van der Waals surface area (Å²) < 4.78 is 0.854. The average Bonchev–Trinajstić information content (AvgIpc) is 2.32. The third-order valence-electron chi connectivity index (χ3n) is 2.00. The second kappa shape index (κ2) is 5.71. The summed E-state index contributed by atoms with van der Waals surface area (Å²) in [5.74, 6) is 0.768. The van der Waals surface area contributed by atoms with Crippen LogP contribution in [0.15, 0.2) is 45.0 Å². The first kappa shape index (κ1) is 12.7. The van der Waals surface area contributed by atoms with Crippen LogP contribution in [0.1, 0.15) is 0 Å². The van der Waals surface area contributed by atoms with Gasteiger partial charge < -0.3 is 5.32 Å². The maximum Gasteiger partial charge on any atom is 0.144 e. The van der Waals surface area contributed by atoms with Crippen LogP contribution >= 0.6 is 39.3 Å². The molecule has 0 saturated heterocycles. The van der Waals surface area contributed by atoms with Crippen molar-refractivity contribution in [1.82, 2.24) is 9.97 Å². The first-order chi connectivity index (χ1) is 8.20. The second-order valence-electron chi connectivity index (χ2n) is 3.15. The van der Waals surface area contributed by atoms with Gasteiger partial charge in [-0.3, -0.25) is 0 Å². The fraction of sp³-hybridized carbons (Fsp3) is 0.0909. The van der Waals surface area contributed by atoms with E-state index in [0.717, 1.165) is 20.2 Å². The number of hydrogen-bond donors (Lipinski definition) is 1. The largest absolute Gasteiger partial charge is 0.372 e. The first-order valence-electron chi connectivity index (χ1n) is 4.82. The number of nitrogens with one attached hydrogen (secondary N) is 1. The number of benzene rings is 1. The maximum absolute atomic E-state index is 5.94. The maximum atomic E-state index is 5.94. The molecule has 0 saturated carbocycles. The summed E-state index contributed by atoms with van der Waals surface area (Å²) in [4.78, 5) is 9.38. The smallest absolute Gasteiger partial charge is 0.144 e. The van der Waals surface area contributed by atoms with Crippen molar-refractivity contribution in [2.24, 2.45) is 0 Å². The highest BCUT2D eigenvalue weighted by atomic mass is 79.9. The highest BCUT2D eigenvalue weighted by Crippen LogP contribution is 2.35. The van der Waals surface area contributed by atoms with E-state index in [1.807, 2.05) is 31.3 Å². The zero-order chi connectivity index (χ0) is 12.3. The van der Waals surface area contributed by atoms with Crippen LogP contribution in [0.3, 0.4) is 0 Å². The number of hydrogen-bond acceptors (Lipinski definition) is 4. The Labute approximate surface area is 117 Å². The lowest BCUT2D eigenvalue weighted by Gasteiger charge is -2.07. The Morgan fingerprint density at radius 2 is 2.18 bits per heavy atom. The topological polar surface area (TPSA) is 37.8 Å². The van der Waals surface area contributed by atoms with Crippen molar-refractivity contribution in [2.75, 3.05) is 12.4 Å². The predicted molar refractivity (Wildman–Crippen MR) is 74.9 cm³/mol. The molecule has 1 aromatic carbocycles. The molecular formula is C11H9BrClN3S. The number of rotatable bonds is 3. The Hall–Kier alpha value is -0.780. The SMILES string of the molecule is CNc1ncnc(Sc2cccc(Cl)c2)c1Br. The Bertz CT molecular complexity index is 536. The molecule has 3 nitrogen and oxygen atoms in total. The van der Waals surface area contributed by atoms with E-state index >= 15 is 0 Å². The second-order valence-corrected chi connectivity index (χ2v) is 5.44. The highest BCUT2D eigenvalue weighted by Gasteiger charge is 2.09. The Balaban J connectivity index is 2.30. The fourth-order valence-corrected chi connectivity index (χ4v) is 2.98. The zero-order valence-electron chi connectivity index (χ0n) is 8.95. The Morgan fingerprint density at radius 1 is 1.35 bits per heavy atom. The van der Waals surface area contributed by atoms with Crippen LogP contribution in [0, 0.1) is 0 Å². The normalized spacial score (nSPS) is 10.3. The predicted octanol–water partition coefficient (Wildman–Crippen LogP) is 4.09. The van der Waals surface area contributed by atoms with Crippen molar-refractivity contribution < 1.29 is 0 Å². The van der Waals surface area contributed by atoms with Gasteiger partial charge in [0, 0.05) is 17.0 Å². The summed E-state index contributed by atoms with van der Waals surface area (Å²) in [7, 11) is 1.82. The molecule has 0 amide bonds. The van der Waals surface area contributed by atoms with E-state index in [0.29, 0.717) is 5.02 Å². The summed E-state index contributed by atoms with van der Waals surface area (Å²) in [5.41, 5.74) is 0. The standard InChI is InChI=1S/C11H9BrClN3S/c1-14-10-9(12)11(16-6-15-10)17-8-4-2-3-7(13)5-8/h2-6H,1H3,(H,14,15,16). The van der Waals surface area contributed by atoms with Crippen molar-refractivity contribution in [3.63, 3.8) is 0 Å². The lowest BCUT2D eigenvalue weighted by Crippen LogP contribution is -1.96. The molecule has 88 valence electrons. The summed E-state index contributed by atoms with van der Waals surface area (Å²) >= 11 is 11.0. The molecule has 0 atom stereocenters. The van der Waals surface area contributed by atoms with Gasteiger partial charge in [0.05, 0.1) is 4.47 Å². The van der Waals surface area contributed by atoms with E-state index < -0.39 is 0 Å². The van der Waals surface area contributed by atoms with Crippen molar-refractivity contribution >= 4 is 45.1 Å². The van der Waals surface area contributed by atoms with E-state index in [1.54, 1.807) is 0 Å². The molecule has 0 fully saturated rings. The molecule has 0 radical (unpaired) electrons. The van der Waals surface area contributed by atoms with Crippen LogP contribution in [0.4, 0.5) is 5.82 Å². The molecule has 0 spiro atoms. The lowest BCUT2D eigenvalue weighted by atomic mass is 10.4. The van der Waals surface area contributed by atoms with Crippen LogP contribution < -0.4 is 5.32 Å². The minimum Gasteiger partial charge on any atom is -0.372 e. The number of nitrogens with zero attached hydrogens (tertiary/aromatic N) is 2. The molecule has 2 aromatic rings. The van der Waals surface area contributed by atoms with Gasteiger partial charge in [-0.2, -0.15) is 0 Å². The minimum atomic E-state index is 0.717. The molecule has 0 aliphatic carbocycles. The van der Waals surface area contributed by atoms with Crippen molar-refractivity contribution in [1.29, 1.82) is 0 Å². The molecular weight excluding hydrogens is 322 g/mol. The number of aromatic nitrogens is 2. The van der Waals surface area contributed by atoms with Crippen LogP contribution in [0.25, 0.3) is 0 Å². The lowest BCUT2D eigenvalue weighted by molar-refractivity contribution is 1.03. The average molecular weight is 331 g/mol. The molecule has 1 N–H and O–H groups in total. The summed E-state index contributed by atoms with van der Waals surface area (Å²) in [5, 5.41) is 4.57. The van der Waals surface area contributed by atoms with Crippen molar-refractivity contribution in [2.45, 2.75) is 9.92 Å². The van der Waals surface area contributed by atoms with Crippen LogP contribution in [0.2, 0.25) is 5.02 Å². The summed E-state index contributed by atoms with van der Waals surface area (Å²) in [6.07, 6.45) is 1.53. The quantitative estimate of drug-likeness (QED) is 0.860. The van der Waals surface area contributed by atoms with Crippen LogP contribution in [-0.4, -0.2) is 17.0 Å². The molecule has 0 unspecified atom stereocenters. The molecule has 1 aromatic heterocycles. The third-order valence-corrected chi connectivity index (χ3v) is 4.25. The molecule has 17 heavy (non-hydrogen) atoms. The van der Waals surface area contributed by atoms with Gasteiger partial charge in [-0.05, 0) is 34.1 Å². The van der Waals surface area contributed by atoms with Gasteiger partial charge in [0.25, 0.3) is 0 Å². The fourth-order valence-electron chi connectivity index (χ4n) is 1.24. The minimum absolute atomic E-state index is 0.717. The van der Waals surface area contributed by atoms with E-state index in [-0.39, 0.29) is 0 Å². The van der Waals surface area contributed by atoms with Crippen LogP contribution in [0.5, 0.6) is 0 Å². The van der Waals surface area contributed by atoms with Gasteiger partial charge in [-0.1, -0.05) is 29.4 Å². The third kappa shape index (κ3) is 3.12. The van der Waals surface area contributed by atoms with Gasteiger partial charge >= 0.3 is 0 Å². The van der Waals surface area contributed by atoms with Crippen molar-refractivity contribution in [3.05, 3.63) is 40.1 Å². The van der Waals surface area contributed by atoms with Gasteiger partial charge in [0.2, 0.25) is 0 Å². The van der Waals surface area contributed by atoms with E-state index in [2.05, 4.69) is 31.2 Å². The Kier molecular flexibility index (Phi) is 4.25. The van der Waals surface area contributed by atoms with E-state index in [4.69, 9.17) is 11.6 Å². The van der Waals surface area contributed by atoms with Gasteiger partial charge in [0.15, 0.2) is 0 Å². The zero-order valence-corrected chi connectivity index (χ0v) is 12.1. The molecule has 2 rings (SSSR count). The van der Waals surface area contributed by atoms with Crippen molar-refractivity contribution in [3.8, 4) is 0 Å². The molecule has 0 bridgehead atoms. The first-order valence-corrected chi connectivity index (χ1v) is 6.81. The number of anilines is 1. The van der Waals surface area contributed by atoms with Gasteiger partial charge in [0.1, 0.15) is 17.2 Å². The van der Waals surface area contributed by atoms with E-state index in [9.17, 15) is 0 Å². The molecule has 0 aliphatic rings. The summed E-state index contributed by atoms with van der Waals surface area (Å²) in [6, 6.07) is 7.66. The number of halogens is 2. The Morgan fingerprint density at radius 3 is 2.88 bits per heavy atom.